The van der Waals surface area contributed by atoms with Crippen LogP contribution in [0.2, 0.25) is 0 Å². The normalized spacial score (nSPS) is 15.0. The van der Waals surface area contributed by atoms with Crippen LogP contribution in [0.1, 0.15) is 12.5 Å². The number of anilines is 1. The maximum Gasteiger partial charge on any atom is 0.428 e. The van der Waals surface area contributed by atoms with Gasteiger partial charge in [-0.2, -0.15) is 22.0 Å². The summed E-state index contributed by atoms with van der Waals surface area (Å²) in [6, 6.07) is 2.71. The van der Waals surface area contributed by atoms with Crippen LogP contribution in [-0.4, -0.2) is 36.3 Å². The summed E-state index contributed by atoms with van der Waals surface area (Å²) in [5.41, 5.74) is -5.55. The van der Waals surface area contributed by atoms with Gasteiger partial charge in [-0.05, 0) is 30.7 Å². The molecule has 0 fully saturated rings. The quantitative estimate of drug-likeness (QED) is 0.638. The van der Waals surface area contributed by atoms with Crippen molar-refractivity contribution in [3.05, 3.63) is 29.8 Å². The highest BCUT2D eigenvalue weighted by Crippen LogP contribution is 2.51. The summed E-state index contributed by atoms with van der Waals surface area (Å²) in [7, 11) is 1.34. The van der Waals surface area contributed by atoms with Crippen molar-refractivity contribution in [2.24, 2.45) is 0 Å². The third kappa shape index (κ3) is 3.66. The zero-order valence-electron chi connectivity index (χ0n) is 12.1. The van der Waals surface area contributed by atoms with Crippen LogP contribution >= 0.6 is 11.6 Å². The zero-order valence-corrected chi connectivity index (χ0v) is 12.8. The topological polar surface area (TPSA) is 52.6 Å². The third-order valence-corrected chi connectivity index (χ3v) is 3.40. The van der Waals surface area contributed by atoms with Crippen molar-refractivity contribution in [3.8, 4) is 0 Å². The smallest absolute Gasteiger partial charge is 0.371 e. The van der Waals surface area contributed by atoms with Gasteiger partial charge in [0.05, 0.1) is 0 Å². The molecule has 0 heterocycles. The van der Waals surface area contributed by atoms with Gasteiger partial charge in [-0.15, -0.1) is 0 Å². The summed E-state index contributed by atoms with van der Waals surface area (Å²) >= 11 is 4.48. The fourth-order valence-electron chi connectivity index (χ4n) is 1.80. The van der Waals surface area contributed by atoms with Gasteiger partial charge >= 0.3 is 17.6 Å². The Kier molecular flexibility index (Phi) is 5.48. The van der Waals surface area contributed by atoms with E-state index in [1.165, 1.54) is 7.05 Å². The SMILES string of the molecule is CCNC(=O)N(C)c1ccc(C(O)(C(F)(F)F)C(F)(F)Cl)cc1. The van der Waals surface area contributed by atoms with Crippen LogP contribution in [0.15, 0.2) is 24.3 Å². The molecule has 0 spiro atoms. The van der Waals surface area contributed by atoms with Gasteiger partial charge < -0.3 is 10.4 Å². The standard InChI is InChI=1S/C13H14ClF5N2O2/c1-3-20-10(22)21(2)9-6-4-8(5-7-9)11(23,12(14,15)16)13(17,18)19/h4-7,23H,3H2,1-2H3,(H,20,22). The van der Waals surface area contributed by atoms with E-state index in [4.69, 9.17) is 0 Å². The number of halogens is 6. The molecule has 2 amide bonds. The number of rotatable bonds is 4. The highest BCUT2D eigenvalue weighted by Gasteiger charge is 2.69. The van der Waals surface area contributed by atoms with Crippen LogP contribution < -0.4 is 10.2 Å². The molecular weight excluding hydrogens is 347 g/mol. The number of aliphatic hydroxyl groups is 1. The number of hydrogen-bond acceptors (Lipinski definition) is 2. The fourth-order valence-corrected chi connectivity index (χ4v) is 2.02. The molecule has 0 aliphatic carbocycles. The predicted molar refractivity (Wildman–Crippen MR) is 74.7 cm³/mol. The van der Waals surface area contributed by atoms with E-state index in [1.54, 1.807) is 6.92 Å². The van der Waals surface area contributed by atoms with E-state index in [1.807, 2.05) is 0 Å². The number of nitrogens with one attached hydrogen (secondary N) is 1. The van der Waals surface area contributed by atoms with Gasteiger partial charge in [0.25, 0.3) is 5.60 Å². The maximum absolute atomic E-state index is 13.2. The first-order valence-corrected chi connectivity index (χ1v) is 6.72. The van der Waals surface area contributed by atoms with Gasteiger partial charge in [-0.1, -0.05) is 12.1 Å². The molecule has 0 bridgehead atoms. The number of carbonyl (C=O) groups excluding carboxylic acids is 1. The van der Waals surface area contributed by atoms with Crippen molar-refractivity contribution >= 4 is 23.3 Å². The summed E-state index contributed by atoms with van der Waals surface area (Å²) in [6.45, 7) is 1.99. The summed E-state index contributed by atoms with van der Waals surface area (Å²) in [4.78, 5) is 12.7. The monoisotopic (exact) mass is 360 g/mol. The van der Waals surface area contributed by atoms with E-state index >= 15 is 0 Å². The Morgan fingerprint density at radius 1 is 1.22 bits per heavy atom. The molecule has 1 rings (SSSR count). The van der Waals surface area contributed by atoms with E-state index in [9.17, 15) is 31.9 Å². The van der Waals surface area contributed by atoms with E-state index in [0.29, 0.717) is 18.7 Å². The van der Waals surface area contributed by atoms with Gasteiger partial charge in [-0.3, -0.25) is 4.90 Å². The second-order valence-corrected chi connectivity index (χ2v) is 5.12. The molecule has 0 saturated carbocycles. The van der Waals surface area contributed by atoms with Crippen LogP contribution in [0.3, 0.4) is 0 Å². The summed E-state index contributed by atoms with van der Waals surface area (Å²) in [6.07, 6.45) is -5.70. The lowest BCUT2D eigenvalue weighted by Gasteiger charge is -2.34. The van der Waals surface area contributed by atoms with E-state index in [-0.39, 0.29) is 5.69 Å². The van der Waals surface area contributed by atoms with Crippen LogP contribution in [0, 0.1) is 0 Å². The Morgan fingerprint density at radius 2 is 1.70 bits per heavy atom. The third-order valence-electron chi connectivity index (χ3n) is 3.13. The van der Waals surface area contributed by atoms with Gasteiger partial charge in [0.15, 0.2) is 0 Å². The second kappa shape index (κ2) is 6.48. The molecule has 0 aliphatic rings. The Morgan fingerprint density at radius 3 is 2.04 bits per heavy atom. The van der Waals surface area contributed by atoms with Gasteiger partial charge in [0.2, 0.25) is 0 Å². The molecule has 1 aromatic carbocycles. The minimum atomic E-state index is -5.70. The number of carbonyl (C=O) groups is 1. The maximum atomic E-state index is 13.2. The lowest BCUT2D eigenvalue weighted by molar-refractivity contribution is -0.317. The minimum Gasteiger partial charge on any atom is -0.371 e. The van der Waals surface area contributed by atoms with E-state index in [0.717, 1.165) is 17.0 Å². The van der Waals surface area contributed by atoms with Crippen molar-refractivity contribution in [3.63, 3.8) is 0 Å². The number of nitrogens with zero attached hydrogens (tertiary/aromatic N) is 1. The zero-order chi connectivity index (χ0) is 18.1. The number of urea groups is 1. The van der Waals surface area contributed by atoms with Gasteiger partial charge in [0, 0.05) is 24.8 Å². The highest BCUT2D eigenvalue weighted by atomic mass is 35.5. The molecule has 23 heavy (non-hydrogen) atoms. The van der Waals surface area contributed by atoms with Crippen molar-refractivity contribution in [2.75, 3.05) is 18.5 Å². The molecule has 1 aromatic rings. The first-order valence-electron chi connectivity index (χ1n) is 6.34. The second-order valence-electron chi connectivity index (χ2n) is 4.65. The molecule has 1 unspecified atom stereocenters. The van der Waals surface area contributed by atoms with Crippen LogP contribution in [0.25, 0.3) is 0 Å². The Balaban J connectivity index is 3.23. The first-order chi connectivity index (χ1) is 10.4. The van der Waals surface area contributed by atoms with Crippen molar-refractivity contribution in [2.45, 2.75) is 24.1 Å². The van der Waals surface area contributed by atoms with Crippen molar-refractivity contribution < 1.29 is 31.9 Å². The molecule has 0 radical (unpaired) electrons. The Hall–Kier alpha value is -1.61. The lowest BCUT2D eigenvalue weighted by Crippen LogP contribution is -2.53. The van der Waals surface area contributed by atoms with Gasteiger partial charge in [-0.25, -0.2) is 4.79 Å². The Labute approximate surface area is 133 Å². The van der Waals surface area contributed by atoms with Crippen LogP contribution in [0.5, 0.6) is 0 Å². The molecule has 10 heteroatoms. The van der Waals surface area contributed by atoms with Gasteiger partial charge in [0.1, 0.15) is 0 Å². The number of alkyl halides is 6. The average molecular weight is 361 g/mol. The molecule has 130 valence electrons. The molecule has 2 N–H and O–H groups in total. The molecule has 0 aliphatic heterocycles. The summed E-state index contributed by atoms with van der Waals surface area (Å²) in [5.74, 6) is 0. The Bertz CT molecular complexity index is 543. The van der Waals surface area contributed by atoms with Crippen LogP contribution in [-0.2, 0) is 5.60 Å². The van der Waals surface area contributed by atoms with Crippen molar-refractivity contribution in [1.82, 2.24) is 5.32 Å². The molecule has 0 saturated heterocycles. The molecule has 4 nitrogen and oxygen atoms in total. The van der Waals surface area contributed by atoms with Crippen LogP contribution in [0.4, 0.5) is 32.4 Å². The summed E-state index contributed by atoms with van der Waals surface area (Å²) < 4.78 is 65.0. The fraction of sp³-hybridized carbons (Fsp3) is 0.462. The molecule has 1 atom stereocenters. The first kappa shape index (κ1) is 19.4. The molecule has 0 aromatic heterocycles. The minimum absolute atomic E-state index is 0.141. The number of benzene rings is 1. The number of hydrogen-bond donors (Lipinski definition) is 2. The van der Waals surface area contributed by atoms with E-state index in [2.05, 4.69) is 16.9 Å². The number of amides is 2. The largest absolute Gasteiger partial charge is 0.428 e. The van der Waals surface area contributed by atoms with E-state index < -0.39 is 28.8 Å². The predicted octanol–water partition coefficient (Wildman–Crippen LogP) is 3.43. The molecular formula is C13H14ClF5N2O2. The summed E-state index contributed by atoms with van der Waals surface area (Å²) in [5, 5.41) is 6.96. The average Bonchev–Trinajstić information content (AvgIpc) is 2.43. The lowest BCUT2D eigenvalue weighted by atomic mass is 9.93. The highest BCUT2D eigenvalue weighted by molar-refractivity contribution is 6.22. The van der Waals surface area contributed by atoms with Crippen molar-refractivity contribution in [1.29, 1.82) is 0 Å².